The second-order valence-corrected chi connectivity index (χ2v) is 6.06. The molecule has 5 nitrogen and oxygen atoms in total. The van der Waals surface area contributed by atoms with E-state index in [2.05, 4.69) is 35.9 Å². The zero-order valence-corrected chi connectivity index (χ0v) is 14.1. The van der Waals surface area contributed by atoms with Gasteiger partial charge in [-0.25, -0.2) is 9.37 Å². The van der Waals surface area contributed by atoms with E-state index in [0.717, 1.165) is 27.1 Å². The van der Waals surface area contributed by atoms with Crippen LogP contribution in [0.4, 0.5) is 10.2 Å². The van der Waals surface area contributed by atoms with Crippen molar-refractivity contribution in [2.45, 2.75) is 20.4 Å². The van der Waals surface area contributed by atoms with Crippen molar-refractivity contribution in [3.05, 3.63) is 51.6 Å². The lowest BCUT2D eigenvalue weighted by Gasteiger charge is -2.23. The Morgan fingerprint density at radius 1 is 1.32 bits per heavy atom. The number of rotatable bonds is 3. The zero-order valence-electron chi connectivity index (χ0n) is 12.5. The predicted molar refractivity (Wildman–Crippen MR) is 86.5 cm³/mol. The summed E-state index contributed by atoms with van der Waals surface area (Å²) in [6, 6.07) is 4.71. The minimum absolute atomic E-state index is 0.257. The number of benzene rings is 1. The first-order valence-corrected chi connectivity index (χ1v) is 7.58. The van der Waals surface area contributed by atoms with Gasteiger partial charge in [-0.05, 0) is 31.5 Å². The molecule has 2 aromatic heterocycles. The van der Waals surface area contributed by atoms with Gasteiger partial charge in [-0.15, -0.1) is 0 Å². The number of nitrogens with zero attached hydrogens (tertiary/aromatic N) is 5. The molecular formula is C15H15BrFN5. The molecule has 0 fully saturated rings. The highest BCUT2D eigenvalue weighted by molar-refractivity contribution is 9.10. The molecule has 0 aliphatic heterocycles. The van der Waals surface area contributed by atoms with Crippen molar-refractivity contribution < 1.29 is 4.39 Å². The zero-order chi connectivity index (χ0) is 15.9. The lowest BCUT2D eigenvalue weighted by molar-refractivity contribution is 0.625. The van der Waals surface area contributed by atoms with Crippen LogP contribution in [0.3, 0.4) is 0 Å². The summed E-state index contributed by atoms with van der Waals surface area (Å²) in [4.78, 5) is 10.6. The number of aromatic nitrogens is 4. The van der Waals surface area contributed by atoms with Crippen LogP contribution in [0.2, 0.25) is 0 Å². The van der Waals surface area contributed by atoms with Crippen molar-refractivity contribution in [3.63, 3.8) is 0 Å². The van der Waals surface area contributed by atoms with Crippen molar-refractivity contribution in [1.82, 2.24) is 19.6 Å². The first-order chi connectivity index (χ1) is 10.5. The molecule has 22 heavy (non-hydrogen) atoms. The second-order valence-electron chi connectivity index (χ2n) is 5.21. The molecule has 0 N–H and O–H groups in total. The number of halogens is 2. The van der Waals surface area contributed by atoms with Gasteiger partial charge in [-0.2, -0.15) is 14.6 Å². The summed E-state index contributed by atoms with van der Waals surface area (Å²) in [6.07, 6.45) is 1.49. The molecule has 0 bridgehead atoms. The Balaban J connectivity index is 2.03. The number of anilines is 1. The van der Waals surface area contributed by atoms with Crippen LogP contribution in [0.1, 0.15) is 16.8 Å². The van der Waals surface area contributed by atoms with E-state index in [9.17, 15) is 4.39 Å². The number of hydrogen-bond donors (Lipinski definition) is 0. The van der Waals surface area contributed by atoms with E-state index in [1.165, 1.54) is 18.5 Å². The summed E-state index contributed by atoms with van der Waals surface area (Å²) in [5, 5.41) is 4.25. The van der Waals surface area contributed by atoms with E-state index < -0.39 is 0 Å². The maximum atomic E-state index is 13.2. The normalized spacial score (nSPS) is 11.1. The van der Waals surface area contributed by atoms with Gasteiger partial charge in [0.05, 0.1) is 0 Å². The first-order valence-electron chi connectivity index (χ1n) is 6.79. The molecule has 0 radical (unpaired) electrons. The summed E-state index contributed by atoms with van der Waals surface area (Å²) >= 11 is 3.41. The molecule has 3 rings (SSSR count). The third-order valence-electron chi connectivity index (χ3n) is 3.66. The van der Waals surface area contributed by atoms with Crippen molar-refractivity contribution in [2.75, 3.05) is 11.9 Å². The molecule has 1 aromatic carbocycles. The largest absolute Gasteiger partial charge is 0.355 e. The lowest BCUT2D eigenvalue weighted by atomic mass is 10.2. The van der Waals surface area contributed by atoms with E-state index >= 15 is 0 Å². The van der Waals surface area contributed by atoms with Gasteiger partial charge in [-0.3, -0.25) is 0 Å². The molecule has 3 aromatic rings. The van der Waals surface area contributed by atoms with Crippen molar-refractivity contribution in [2.24, 2.45) is 0 Å². The molecule has 0 atom stereocenters. The summed E-state index contributed by atoms with van der Waals surface area (Å²) < 4.78 is 15.7. The van der Waals surface area contributed by atoms with Crippen LogP contribution in [0, 0.1) is 19.7 Å². The van der Waals surface area contributed by atoms with E-state index in [-0.39, 0.29) is 5.82 Å². The first kappa shape index (κ1) is 14.9. The molecule has 0 saturated heterocycles. The maximum Gasteiger partial charge on any atom is 0.254 e. The monoisotopic (exact) mass is 363 g/mol. The van der Waals surface area contributed by atoms with Gasteiger partial charge in [0.25, 0.3) is 5.78 Å². The minimum Gasteiger partial charge on any atom is -0.355 e. The molecule has 0 unspecified atom stereocenters. The predicted octanol–water partition coefficient (Wildman–Crippen LogP) is 3.28. The topological polar surface area (TPSA) is 46.3 Å². The van der Waals surface area contributed by atoms with Gasteiger partial charge in [-0.1, -0.05) is 22.0 Å². The summed E-state index contributed by atoms with van der Waals surface area (Å²) in [5.74, 6) is 1.24. The Bertz CT molecular complexity index is 845. The van der Waals surface area contributed by atoms with Crippen molar-refractivity contribution in [3.8, 4) is 0 Å². The third kappa shape index (κ3) is 2.56. The van der Waals surface area contributed by atoms with Crippen molar-refractivity contribution in [1.29, 1.82) is 0 Å². The number of fused-ring (bicyclic) bond motifs is 1. The second kappa shape index (κ2) is 5.64. The highest BCUT2D eigenvalue weighted by atomic mass is 79.9. The van der Waals surface area contributed by atoms with Gasteiger partial charge in [0.1, 0.15) is 18.0 Å². The molecule has 7 heteroatoms. The summed E-state index contributed by atoms with van der Waals surface area (Å²) in [5.41, 5.74) is 2.95. The lowest BCUT2D eigenvalue weighted by Crippen LogP contribution is -2.22. The SMILES string of the molecule is Cc1nc2ncnn2c(N(C)Cc2ccc(F)cc2Br)c1C. The average Bonchev–Trinajstić information content (AvgIpc) is 2.90. The van der Waals surface area contributed by atoms with Crippen LogP contribution in [0.15, 0.2) is 29.0 Å². The Morgan fingerprint density at radius 3 is 2.82 bits per heavy atom. The molecule has 0 saturated carbocycles. The van der Waals surface area contributed by atoms with Crippen LogP contribution in [0.5, 0.6) is 0 Å². The molecule has 0 aliphatic rings. The summed E-state index contributed by atoms with van der Waals surface area (Å²) in [7, 11) is 1.97. The Hall–Kier alpha value is -2.02. The smallest absolute Gasteiger partial charge is 0.254 e. The highest BCUT2D eigenvalue weighted by Gasteiger charge is 2.16. The van der Waals surface area contributed by atoms with Gasteiger partial charge in [0.15, 0.2) is 0 Å². The molecular weight excluding hydrogens is 349 g/mol. The van der Waals surface area contributed by atoms with Gasteiger partial charge in [0, 0.05) is 29.3 Å². The van der Waals surface area contributed by atoms with Crippen LogP contribution in [-0.2, 0) is 6.54 Å². The van der Waals surface area contributed by atoms with Crippen LogP contribution in [-0.4, -0.2) is 26.6 Å². The van der Waals surface area contributed by atoms with E-state index in [0.29, 0.717) is 12.3 Å². The van der Waals surface area contributed by atoms with E-state index in [1.807, 2.05) is 20.9 Å². The quantitative estimate of drug-likeness (QED) is 0.716. The van der Waals surface area contributed by atoms with Crippen molar-refractivity contribution >= 4 is 27.5 Å². The third-order valence-corrected chi connectivity index (χ3v) is 4.40. The number of hydrogen-bond acceptors (Lipinski definition) is 4. The number of aryl methyl sites for hydroxylation is 1. The minimum atomic E-state index is -0.257. The van der Waals surface area contributed by atoms with Gasteiger partial charge >= 0.3 is 0 Å². The molecule has 0 spiro atoms. The standard InChI is InChI=1S/C15H15BrFN5/c1-9-10(2)20-15-18-8-19-22(15)14(9)21(3)7-11-4-5-12(17)6-13(11)16/h4-6,8H,7H2,1-3H3. The van der Waals surface area contributed by atoms with Crippen LogP contribution in [0.25, 0.3) is 5.78 Å². The molecule has 2 heterocycles. The van der Waals surface area contributed by atoms with E-state index in [1.54, 1.807) is 10.6 Å². The molecule has 0 amide bonds. The molecule has 114 valence electrons. The average molecular weight is 364 g/mol. The molecule has 0 aliphatic carbocycles. The van der Waals surface area contributed by atoms with Crippen LogP contribution < -0.4 is 4.90 Å². The highest BCUT2D eigenvalue weighted by Crippen LogP contribution is 2.25. The maximum absolute atomic E-state index is 13.2. The Kier molecular flexibility index (Phi) is 3.82. The van der Waals surface area contributed by atoms with E-state index in [4.69, 9.17) is 0 Å². The van der Waals surface area contributed by atoms with Crippen LogP contribution >= 0.6 is 15.9 Å². The van der Waals surface area contributed by atoms with Gasteiger partial charge < -0.3 is 4.90 Å². The fourth-order valence-electron chi connectivity index (χ4n) is 2.44. The van der Waals surface area contributed by atoms with Gasteiger partial charge in [0.2, 0.25) is 0 Å². The summed E-state index contributed by atoms with van der Waals surface area (Å²) in [6.45, 7) is 4.57. The Labute approximate surface area is 135 Å². The fourth-order valence-corrected chi connectivity index (χ4v) is 2.92. The Morgan fingerprint density at radius 2 is 2.09 bits per heavy atom. The fraction of sp³-hybridized carbons (Fsp3) is 0.267.